The van der Waals surface area contributed by atoms with Crippen LogP contribution in [0.25, 0.3) is 0 Å². The Morgan fingerprint density at radius 1 is 1.19 bits per heavy atom. The summed E-state index contributed by atoms with van der Waals surface area (Å²) >= 11 is 3.91. The summed E-state index contributed by atoms with van der Waals surface area (Å²) in [5.74, 6) is 0.788. The van der Waals surface area contributed by atoms with E-state index in [2.05, 4.69) is 21.2 Å². The molecule has 0 saturated heterocycles. The quantitative estimate of drug-likeness (QED) is 0.576. The Labute approximate surface area is 163 Å². The highest BCUT2D eigenvalue weighted by Crippen LogP contribution is 2.64. The predicted molar refractivity (Wildman–Crippen MR) is 104 cm³/mol. The first-order valence-corrected chi connectivity index (χ1v) is 10.3. The second-order valence-corrected chi connectivity index (χ2v) is 10.4. The smallest absolute Gasteiger partial charge is 0.312 e. The number of anilines is 1. The van der Waals surface area contributed by atoms with Crippen molar-refractivity contribution in [2.24, 2.45) is 17.3 Å². The van der Waals surface area contributed by atoms with Gasteiger partial charge in [0.2, 0.25) is 0 Å². The van der Waals surface area contributed by atoms with Gasteiger partial charge in [0.05, 0.1) is 5.41 Å². The highest BCUT2D eigenvalue weighted by atomic mass is 79.9. The maximum atomic E-state index is 12.9. The van der Waals surface area contributed by atoms with Crippen LogP contribution < -0.4 is 5.32 Å². The first kappa shape index (κ1) is 18.0. The van der Waals surface area contributed by atoms with Crippen molar-refractivity contribution in [2.75, 3.05) is 11.9 Å². The van der Waals surface area contributed by atoms with Gasteiger partial charge in [-0.1, -0.05) is 28.1 Å². The molecule has 4 saturated carbocycles. The first-order chi connectivity index (χ1) is 12.3. The molecule has 0 heterocycles. The summed E-state index contributed by atoms with van der Waals surface area (Å²) < 4.78 is 5.61. The molecule has 0 aliphatic heterocycles. The topological polar surface area (TPSA) is 55.4 Å². The molecule has 2 atom stereocenters. The molecule has 5 rings (SSSR count). The molecule has 1 amide bonds. The van der Waals surface area contributed by atoms with E-state index in [-0.39, 0.29) is 28.2 Å². The van der Waals surface area contributed by atoms with Gasteiger partial charge in [0.25, 0.3) is 5.91 Å². The Balaban J connectivity index is 1.38. The maximum Gasteiger partial charge on any atom is 0.312 e. The van der Waals surface area contributed by atoms with E-state index in [1.807, 2.05) is 32.0 Å². The van der Waals surface area contributed by atoms with Crippen LogP contribution in [0.2, 0.25) is 0 Å². The molecule has 1 aromatic rings. The lowest BCUT2D eigenvalue weighted by Crippen LogP contribution is -2.56. The minimum Gasteiger partial charge on any atom is -0.455 e. The van der Waals surface area contributed by atoms with Gasteiger partial charge in [-0.05, 0) is 81.4 Å². The number of hydrogen-bond donors (Lipinski definition) is 1. The van der Waals surface area contributed by atoms with E-state index in [0.717, 1.165) is 36.1 Å². The molecule has 4 bridgehead atoms. The lowest BCUT2D eigenvalue weighted by atomic mass is 9.49. The van der Waals surface area contributed by atoms with E-state index in [0.29, 0.717) is 11.8 Å². The van der Waals surface area contributed by atoms with Gasteiger partial charge in [0.15, 0.2) is 6.61 Å². The van der Waals surface area contributed by atoms with Crippen molar-refractivity contribution < 1.29 is 14.3 Å². The summed E-state index contributed by atoms with van der Waals surface area (Å²) in [5.41, 5.74) is 2.55. The molecule has 140 valence electrons. The van der Waals surface area contributed by atoms with Crippen LogP contribution in [0.5, 0.6) is 0 Å². The lowest BCUT2D eigenvalue weighted by Gasteiger charge is -2.58. The molecule has 4 aliphatic carbocycles. The molecule has 1 aromatic carbocycles. The zero-order valence-corrected chi connectivity index (χ0v) is 17.0. The van der Waals surface area contributed by atoms with Crippen LogP contribution in [-0.2, 0) is 14.3 Å². The maximum absolute atomic E-state index is 12.9. The van der Waals surface area contributed by atoms with E-state index in [1.54, 1.807) is 0 Å². The summed E-state index contributed by atoms with van der Waals surface area (Å²) in [5, 5.41) is 2.86. The Morgan fingerprint density at radius 2 is 1.88 bits per heavy atom. The molecular formula is C21H26BrNO3. The molecule has 0 spiro atoms. The van der Waals surface area contributed by atoms with Crippen molar-refractivity contribution in [3.8, 4) is 0 Å². The van der Waals surface area contributed by atoms with E-state index < -0.39 is 0 Å². The van der Waals surface area contributed by atoms with Gasteiger partial charge in [-0.25, -0.2) is 0 Å². The fourth-order valence-electron chi connectivity index (χ4n) is 5.75. The average Bonchev–Trinajstić information content (AvgIpc) is 2.54. The third-order valence-electron chi connectivity index (χ3n) is 6.64. The molecule has 5 heteroatoms. The molecule has 4 fully saturated rings. The number of hydrogen-bond acceptors (Lipinski definition) is 3. The SMILES string of the molecule is Cc1cccc(NC(=O)COC(=O)C23CC4CC(CC(Br)(C4)C2)C3)c1C. The number of alkyl halides is 1. The predicted octanol–water partition coefficient (Wildman–Crippen LogP) is 4.52. The third-order valence-corrected chi connectivity index (χ3v) is 7.56. The largest absolute Gasteiger partial charge is 0.455 e. The fraction of sp³-hybridized carbons (Fsp3) is 0.619. The van der Waals surface area contributed by atoms with E-state index >= 15 is 0 Å². The zero-order valence-electron chi connectivity index (χ0n) is 15.4. The van der Waals surface area contributed by atoms with Crippen LogP contribution in [0.1, 0.15) is 49.7 Å². The van der Waals surface area contributed by atoms with Crippen molar-refractivity contribution in [1.82, 2.24) is 0 Å². The van der Waals surface area contributed by atoms with E-state index in [1.165, 1.54) is 19.3 Å². The molecule has 4 aliphatic rings. The second kappa shape index (κ2) is 6.36. The van der Waals surface area contributed by atoms with Gasteiger partial charge in [-0.3, -0.25) is 9.59 Å². The summed E-state index contributed by atoms with van der Waals surface area (Å²) in [6, 6.07) is 5.79. The van der Waals surface area contributed by atoms with Crippen LogP contribution in [0.3, 0.4) is 0 Å². The lowest BCUT2D eigenvalue weighted by molar-refractivity contribution is -0.170. The minimum absolute atomic E-state index is 0.108. The van der Waals surface area contributed by atoms with Gasteiger partial charge < -0.3 is 10.1 Å². The summed E-state index contributed by atoms with van der Waals surface area (Å²) in [7, 11) is 0. The molecule has 4 nitrogen and oxygen atoms in total. The van der Waals surface area contributed by atoms with Crippen molar-refractivity contribution in [1.29, 1.82) is 0 Å². The average molecular weight is 420 g/mol. The van der Waals surface area contributed by atoms with Crippen molar-refractivity contribution in [3.63, 3.8) is 0 Å². The van der Waals surface area contributed by atoms with Crippen LogP contribution in [0, 0.1) is 31.1 Å². The Morgan fingerprint density at radius 3 is 2.54 bits per heavy atom. The molecule has 0 aromatic heterocycles. The first-order valence-electron chi connectivity index (χ1n) is 9.51. The van der Waals surface area contributed by atoms with Gasteiger partial charge in [0, 0.05) is 10.0 Å². The second-order valence-electron chi connectivity index (χ2n) is 8.76. The third kappa shape index (κ3) is 3.19. The zero-order chi connectivity index (χ0) is 18.5. The normalized spacial score (nSPS) is 34.6. The molecule has 1 N–H and O–H groups in total. The number of ether oxygens (including phenoxy) is 1. The molecule has 2 unspecified atom stereocenters. The molecule has 26 heavy (non-hydrogen) atoms. The number of benzene rings is 1. The Hall–Kier alpha value is -1.36. The van der Waals surface area contributed by atoms with Crippen LogP contribution in [0.4, 0.5) is 5.69 Å². The number of halogens is 1. The van der Waals surface area contributed by atoms with Gasteiger partial charge in [0.1, 0.15) is 0 Å². The number of amides is 1. The summed E-state index contributed by atoms with van der Waals surface area (Å²) in [6.45, 7) is 3.77. The fourth-order valence-corrected chi connectivity index (χ4v) is 7.20. The number of rotatable bonds is 4. The summed E-state index contributed by atoms with van der Waals surface area (Å²) in [6.07, 6.45) is 6.29. The summed E-state index contributed by atoms with van der Waals surface area (Å²) in [4.78, 5) is 25.2. The van der Waals surface area contributed by atoms with Crippen LogP contribution in [-0.4, -0.2) is 22.8 Å². The van der Waals surface area contributed by atoms with Crippen molar-refractivity contribution in [3.05, 3.63) is 29.3 Å². The number of aryl methyl sites for hydroxylation is 1. The monoisotopic (exact) mass is 419 g/mol. The minimum atomic E-state index is -0.382. The van der Waals surface area contributed by atoms with Crippen molar-refractivity contribution in [2.45, 2.75) is 56.7 Å². The molecule has 0 radical (unpaired) electrons. The standard InChI is InChI=1S/C21H26BrNO3/c1-13-4-3-5-17(14(13)2)23-18(24)11-26-19(25)20-7-15-6-16(8-20)10-21(22,9-15)12-20/h3-5,15-16H,6-12H2,1-2H3,(H,23,24). The van der Waals surface area contributed by atoms with Crippen molar-refractivity contribution >= 4 is 33.5 Å². The van der Waals surface area contributed by atoms with E-state index in [4.69, 9.17) is 4.74 Å². The van der Waals surface area contributed by atoms with Gasteiger partial charge in [-0.15, -0.1) is 0 Å². The highest BCUT2D eigenvalue weighted by molar-refractivity contribution is 9.10. The van der Waals surface area contributed by atoms with Gasteiger partial charge >= 0.3 is 5.97 Å². The van der Waals surface area contributed by atoms with Crippen LogP contribution >= 0.6 is 15.9 Å². The highest BCUT2D eigenvalue weighted by Gasteiger charge is 2.60. The number of nitrogens with one attached hydrogen (secondary N) is 1. The van der Waals surface area contributed by atoms with Crippen LogP contribution in [0.15, 0.2) is 18.2 Å². The molecular weight excluding hydrogens is 394 g/mol. The van der Waals surface area contributed by atoms with E-state index in [9.17, 15) is 9.59 Å². The number of esters is 1. The van der Waals surface area contributed by atoms with Gasteiger partial charge in [-0.2, -0.15) is 0 Å². The Bertz CT molecular complexity index is 746. The number of carbonyl (C=O) groups excluding carboxylic acids is 2. The Kier molecular flexibility index (Phi) is 4.41. The number of carbonyl (C=O) groups is 2.